The number of nitrogens with one attached hydrogen (secondary N) is 1. The zero-order chi connectivity index (χ0) is 14.3. The molecule has 1 amide bonds. The van der Waals surface area contributed by atoms with Crippen LogP contribution in [0.4, 0.5) is 0 Å². The van der Waals surface area contributed by atoms with E-state index in [2.05, 4.69) is 5.32 Å². The molecule has 20 heavy (non-hydrogen) atoms. The summed E-state index contributed by atoms with van der Waals surface area (Å²) in [5.74, 6) is -1.22. The number of rotatable bonds is 3. The second kappa shape index (κ2) is 4.34. The van der Waals surface area contributed by atoms with E-state index in [0.717, 1.165) is 18.2 Å². The van der Waals surface area contributed by atoms with Crippen molar-refractivity contribution in [3.05, 3.63) is 47.5 Å². The Morgan fingerprint density at radius 1 is 1.10 bits per heavy atom. The molecular formula is C16H15NO3. The molecular weight excluding hydrogens is 254 g/mol. The van der Waals surface area contributed by atoms with E-state index in [1.165, 1.54) is 6.07 Å². The molecule has 102 valence electrons. The van der Waals surface area contributed by atoms with Crippen LogP contribution >= 0.6 is 0 Å². The summed E-state index contributed by atoms with van der Waals surface area (Å²) >= 11 is 0. The molecule has 1 aliphatic carbocycles. The number of carbonyl (C=O) groups excluding carboxylic acids is 1. The summed E-state index contributed by atoms with van der Waals surface area (Å²) in [6, 6.07) is 10.3. The lowest BCUT2D eigenvalue weighted by Gasteiger charge is -2.14. The number of benzene rings is 2. The highest BCUT2D eigenvalue weighted by Gasteiger charge is 2.39. The highest BCUT2D eigenvalue weighted by Crippen LogP contribution is 2.35. The fourth-order valence-electron chi connectivity index (χ4n) is 2.36. The van der Waals surface area contributed by atoms with Crippen LogP contribution in [0.5, 0.6) is 0 Å². The molecule has 4 heteroatoms. The van der Waals surface area contributed by atoms with Gasteiger partial charge in [0.2, 0.25) is 0 Å². The molecule has 4 nitrogen and oxygen atoms in total. The Kier molecular flexibility index (Phi) is 2.74. The van der Waals surface area contributed by atoms with Crippen LogP contribution in [0, 0.1) is 0 Å². The lowest BCUT2D eigenvalue weighted by Crippen LogP contribution is -2.34. The van der Waals surface area contributed by atoms with Crippen LogP contribution in [-0.4, -0.2) is 22.5 Å². The van der Waals surface area contributed by atoms with Gasteiger partial charge in [-0.2, -0.15) is 0 Å². The molecule has 1 saturated carbocycles. The Hall–Kier alpha value is -2.36. The number of amides is 1. The van der Waals surface area contributed by atoms with E-state index >= 15 is 0 Å². The molecule has 2 N–H and O–H groups in total. The summed E-state index contributed by atoms with van der Waals surface area (Å²) in [6.07, 6.45) is 1.94. The van der Waals surface area contributed by atoms with Crippen molar-refractivity contribution in [3.63, 3.8) is 0 Å². The van der Waals surface area contributed by atoms with Gasteiger partial charge in [0.25, 0.3) is 5.91 Å². The zero-order valence-corrected chi connectivity index (χ0v) is 11.1. The second-order valence-corrected chi connectivity index (χ2v) is 5.53. The van der Waals surface area contributed by atoms with Crippen molar-refractivity contribution >= 4 is 22.6 Å². The molecule has 0 saturated heterocycles. The van der Waals surface area contributed by atoms with Gasteiger partial charge in [0.1, 0.15) is 0 Å². The van der Waals surface area contributed by atoms with E-state index in [9.17, 15) is 14.7 Å². The van der Waals surface area contributed by atoms with Crippen molar-refractivity contribution in [2.24, 2.45) is 0 Å². The summed E-state index contributed by atoms with van der Waals surface area (Å²) in [7, 11) is 0. The van der Waals surface area contributed by atoms with Crippen LogP contribution in [0.25, 0.3) is 10.8 Å². The molecule has 0 bridgehead atoms. The third-order valence-electron chi connectivity index (χ3n) is 3.80. The predicted octanol–water partition coefficient (Wildman–Crippen LogP) is 2.82. The Morgan fingerprint density at radius 3 is 2.25 bits per heavy atom. The van der Waals surface area contributed by atoms with E-state index in [1.54, 1.807) is 18.2 Å². The summed E-state index contributed by atoms with van der Waals surface area (Å²) in [5.41, 5.74) is 0.458. The Balaban J connectivity index is 2.14. The molecule has 2 aromatic rings. The molecule has 3 rings (SSSR count). The molecule has 0 aromatic heterocycles. The molecule has 0 heterocycles. The number of carbonyl (C=O) groups is 2. The summed E-state index contributed by atoms with van der Waals surface area (Å²) < 4.78 is 0. The minimum atomic E-state index is -1.02. The van der Waals surface area contributed by atoms with Gasteiger partial charge in [-0.05, 0) is 37.3 Å². The smallest absolute Gasteiger partial charge is 0.336 e. The fourth-order valence-corrected chi connectivity index (χ4v) is 2.36. The minimum absolute atomic E-state index is 0.128. The molecule has 0 aliphatic heterocycles. The standard InChI is InChI=1S/C16H15NO3/c1-16(8-9-16)17-14(18)11-6-2-4-10-5-3-7-12(13(10)11)15(19)20/h2-7H,8-9H2,1H3,(H,17,18)(H,19,20). The Labute approximate surface area is 116 Å². The number of aromatic carboxylic acids is 1. The van der Waals surface area contributed by atoms with Gasteiger partial charge in [0, 0.05) is 16.5 Å². The van der Waals surface area contributed by atoms with Gasteiger partial charge in [0.15, 0.2) is 0 Å². The third-order valence-corrected chi connectivity index (χ3v) is 3.80. The van der Waals surface area contributed by atoms with Gasteiger partial charge in [-0.1, -0.05) is 24.3 Å². The quantitative estimate of drug-likeness (QED) is 0.900. The molecule has 0 unspecified atom stereocenters. The van der Waals surface area contributed by atoms with E-state index in [4.69, 9.17) is 0 Å². The average Bonchev–Trinajstić information content (AvgIpc) is 3.14. The van der Waals surface area contributed by atoms with Gasteiger partial charge in [-0.15, -0.1) is 0 Å². The normalized spacial score (nSPS) is 15.8. The largest absolute Gasteiger partial charge is 0.478 e. The lowest BCUT2D eigenvalue weighted by molar-refractivity contribution is 0.0699. The van der Waals surface area contributed by atoms with E-state index in [1.807, 2.05) is 19.1 Å². The molecule has 0 atom stereocenters. The average molecular weight is 269 g/mol. The summed E-state index contributed by atoms with van der Waals surface area (Å²) in [5, 5.41) is 13.5. The lowest BCUT2D eigenvalue weighted by atomic mass is 9.98. The first-order chi connectivity index (χ1) is 9.50. The fraction of sp³-hybridized carbons (Fsp3) is 0.250. The van der Waals surface area contributed by atoms with Crippen molar-refractivity contribution in [2.75, 3.05) is 0 Å². The topological polar surface area (TPSA) is 66.4 Å². The van der Waals surface area contributed by atoms with E-state index in [-0.39, 0.29) is 17.0 Å². The van der Waals surface area contributed by atoms with Crippen molar-refractivity contribution < 1.29 is 14.7 Å². The van der Waals surface area contributed by atoms with Gasteiger partial charge >= 0.3 is 5.97 Å². The number of hydrogen-bond acceptors (Lipinski definition) is 2. The van der Waals surface area contributed by atoms with Gasteiger partial charge in [-0.3, -0.25) is 4.79 Å². The number of carboxylic acid groups (broad SMARTS) is 1. The Bertz CT molecular complexity index is 711. The van der Waals surface area contributed by atoms with Gasteiger partial charge in [-0.25, -0.2) is 4.79 Å². The van der Waals surface area contributed by atoms with Crippen molar-refractivity contribution in [3.8, 4) is 0 Å². The van der Waals surface area contributed by atoms with Crippen LogP contribution in [0.3, 0.4) is 0 Å². The monoisotopic (exact) mass is 269 g/mol. The van der Waals surface area contributed by atoms with Crippen LogP contribution in [0.2, 0.25) is 0 Å². The summed E-state index contributed by atoms with van der Waals surface area (Å²) in [4.78, 5) is 23.7. The van der Waals surface area contributed by atoms with E-state index in [0.29, 0.717) is 10.9 Å². The molecule has 0 radical (unpaired) electrons. The first-order valence-corrected chi connectivity index (χ1v) is 6.58. The van der Waals surface area contributed by atoms with Crippen LogP contribution in [-0.2, 0) is 0 Å². The van der Waals surface area contributed by atoms with Crippen molar-refractivity contribution in [2.45, 2.75) is 25.3 Å². The molecule has 2 aromatic carbocycles. The molecule has 1 aliphatic rings. The van der Waals surface area contributed by atoms with Crippen molar-refractivity contribution in [1.29, 1.82) is 0 Å². The van der Waals surface area contributed by atoms with Gasteiger partial charge in [0.05, 0.1) is 5.56 Å². The van der Waals surface area contributed by atoms with E-state index < -0.39 is 5.97 Å². The molecule has 0 spiro atoms. The van der Waals surface area contributed by atoms with Gasteiger partial charge < -0.3 is 10.4 Å². The SMILES string of the molecule is CC1(NC(=O)c2cccc3cccc(C(=O)O)c23)CC1. The number of carboxylic acids is 1. The highest BCUT2D eigenvalue weighted by molar-refractivity contribution is 6.14. The first-order valence-electron chi connectivity index (χ1n) is 6.58. The minimum Gasteiger partial charge on any atom is -0.478 e. The zero-order valence-electron chi connectivity index (χ0n) is 11.1. The number of hydrogen-bond donors (Lipinski definition) is 2. The van der Waals surface area contributed by atoms with Crippen molar-refractivity contribution in [1.82, 2.24) is 5.32 Å². The number of fused-ring (bicyclic) bond motifs is 1. The second-order valence-electron chi connectivity index (χ2n) is 5.53. The Morgan fingerprint density at radius 2 is 1.70 bits per heavy atom. The summed E-state index contributed by atoms with van der Waals surface area (Å²) in [6.45, 7) is 1.99. The third kappa shape index (κ3) is 2.13. The maximum atomic E-state index is 12.4. The maximum Gasteiger partial charge on any atom is 0.336 e. The molecule has 1 fully saturated rings. The van der Waals surface area contributed by atoms with Crippen LogP contribution in [0.15, 0.2) is 36.4 Å². The first kappa shape index (κ1) is 12.7. The van der Waals surface area contributed by atoms with Crippen LogP contribution < -0.4 is 5.32 Å². The maximum absolute atomic E-state index is 12.4. The predicted molar refractivity (Wildman–Crippen MR) is 76.0 cm³/mol. The van der Waals surface area contributed by atoms with Crippen LogP contribution in [0.1, 0.15) is 40.5 Å². The highest BCUT2D eigenvalue weighted by atomic mass is 16.4.